The van der Waals surface area contributed by atoms with Gasteiger partial charge in [-0.25, -0.2) is 0 Å². The lowest BCUT2D eigenvalue weighted by atomic mass is 10.1. The fourth-order valence-electron chi connectivity index (χ4n) is 2.64. The zero-order chi connectivity index (χ0) is 23.1. The quantitative estimate of drug-likeness (QED) is 0.562. The van der Waals surface area contributed by atoms with Gasteiger partial charge in [0.05, 0.1) is 12.8 Å². The van der Waals surface area contributed by atoms with Gasteiger partial charge in [-0.3, -0.25) is 14.7 Å². The smallest absolute Gasteiger partial charge is 0.270 e. The Morgan fingerprint density at radius 1 is 1.29 bits per heavy atom. The van der Waals surface area contributed by atoms with Crippen LogP contribution in [-0.2, 0) is 9.53 Å². The van der Waals surface area contributed by atoms with Gasteiger partial charge in [-0.15, -0.1) is 5.73 Å². The molecule has 0 aliphatic carbocycles. The third kappa shape index (κ3) is 11.4. The summed E-state index contributed by atoms with van der Waals surface area (Å²) in [7, 11) is 0. The van der Waals surface area contributed by atoms with Gasteiger partial charge in [-0.2, -0.15) is 0 Å². The van der Waals surface area contributed by atoms with Gasteiger partial charge in [0.15, 0.2) is 0 Å². The van der Waals surface area contributed by atoms with Crippen molar-refractivity contribution in [2.75, 3.05) is 26.2 Å². The third-order valence-corrected chi connectivity index (χ3v) is 5.31. The summed E-state index contributed by atoms with van der Waals surface area (Å²) in [5.74, 6) is 1.59. The highest BCUT2D eigenvalue weighted by Gasteiger charge is 2.15. The van der Waals surface area contributed by atoms with Crippen molar-refractivity contribution in [1.29, 1.82) is 0 Å². The molecule has 2 rings (SSSR count). The van der Waals surface area contributed by atoms with Crippen LogP contribution in [0.1, 0.15) is 54.4 Å². The molecule has 0 spiro atoms. The standard InChI is InChI=1S/C14H25N3O.C12H14O/c1-4-12(3)7-10-17(5-2)11-13-14(18)16-9-6-8-15-13;1-10-6-4-5-7-11(2)12(3)13-9-8-10/h6,9,12H,4-5,7-8,10-11H2,1-3H3,(H,16,18);4,6-9H,1-3H3/b;9-8-,10-6+,12-11+. The summed E-state index contributed by atoms with van der Waals surface area (Å²) in [6.45, 7) is 15.8. The van der Waals surface area contributed by atoms with Gasteiger partial charge in [0.2, 0.25) is 0 Å². The third-order valence-electron chi connectivity index (χ3n) is 5.31. The lowest BCUT2D eigenvalue weighted by Gasteiger charge is -2.22. The first-order chi connectivity index (χ1) is 14.9. The van der Waals surface area contributed by atoms with Gasteiger partial charge in [-0.1, -0.05) is 33.3 Å². The summed E-state index contributed by atoms with van der Waals surface area (Å²) in [6.07, 6.45) is 15.4. The number of hydrogen-bond donors (Lipinski definition) is 1. The van der Waals surface area contributed by atoms with Crippen LogP contribution >= 0.6 is 0 Å². The fourth-order valence-corrected chi connectivity index (χ4v) is 2.64. The summed E-state index contributed by atoms with van der Waals surface area (Å²) >= 11 is 0. The first kappa shape index (κ1) is 26.4. The summed E-state index contributed by atoms with van der Waals surface area (Å²) < 4.78 is 5.37. The second-order valence-electron chi connectivity index (χ2n) is 7.88. The van der Waals surface area contributed by atoms with Crippen molar-refractivity contribution in [3.8, 4) is 0 Å². The number of nitrogens with one attached hydrogen (secondary N) is 1. The second-order valence-corrected chi connectivity index (χ2v) is 7.88. The van der Waals surface area contributed by atoms with Crippen LogP contribution in [0.2, 0.25) is 0 Å². The Morgan fingerprint density at radius 2 is 2.06 bits per heavy atom. The number of aliphatic imine (C=N–C) groups is 1. The van der Waals surface area contributed by atoms with Crippen LogP contribution < -0.4 is 5.32 Å². The molecule has 1 amide bonds. The number of carbonyl (C=O) groups excluding carboxylic acids is 1. The number of hydrogen-bond acceptors (Lipinski definition) is 4. The molecule has 31 heavy (non-hydrogen) atoms. The van der Waals surface area contributed by atoms with Gasteiger partial charge in [-0.05, 0) is 81.6 Å². The number of rotatable bonds is 7. The normalized spacial score (nSPS) is 22.2. The predicted octanol–water partition coefficient (Wildman–Crippen LogP) is 5.31. The van der Waals surface area contributed by atoms with Gasteiger partial charge in [0, 0.05) is 12.7 Å². The van der Waals surface area contributed by atoms with E-state index in [9.17, 15) is 4.79 Å². The van der Waals surface area contributed by atoms with E-state index in [1.807, 2.05) is 51.2 Å². The highest BCUT2D eigenvalue weighted by atomic mass is 16.5. The summed E-state index contributed by atoms with van der Waals surface area (Å²) in [4.78, 5) is 18.3. The molecule has 5 heteroatoms. The molecular formula is C26H39N3O2. The Morgan fingerprint density at radius 3 is 2.77 bits per heavy atom. The highest BCUT2D eigenvalue weighted by Crippen LogP contribution is 2.09. The van der Waals surface area contributed by atoms with Crippen molar-refractivity contribution in [2.45, 2.75) is 54.4 Å². The van der Waals surface area contributed by atoms with E-state index in [1.54, 1.807) is 12.5 Å². The van der Waals surface area contributed by atoms with Crippen LogP contribution in [0.15, 0.2) is 70.5 Å². The van der Waals surface area contributed by atoms with Crippen molar-refractivity contribution in [2.24, 2.45) is 10.9 Å². The number of amides is 1. The molecule has 2 heterocycles. The molecule has 0 aromatic heterocycles. The van der Waals surface area contributed by atoms with E-state index < -0.39 is 0 Å². The van der Waals surface area contributed by atoms with E-state index in [2.05, 4.69) is 41.7 Å². The lowest BCUT2D eigenvalue weighted by Crippen LogP contribution is -2.38. The van der Waals surface area contributed by atoms with Crippen LogP contribution in [0.5, 0.6) is 0 Å². The average Bonchev–Trinajstić information content (AvgIpc) is 2.97. The number of allylic oxidation sites excluding steroid dienone is 6. The van der Waals surface area contributed by atoms with Crippen LogP contribution in [0.3, 0.4) is 0 Å². The Hall–Kier alpha value is -2.62. The van der Waals surface area contributed by atoms with Gasteiger partial charge < -0.3 is 10.1 Å². The highest BCUT2D eigenvalue weighted by molar-refractivity contribution is 6.40. The molecular weight excluding hydrogens is 386 g/mol. The maximum atomic E-state index is 11.7. The first-order valence-electron chi connectivity index (χ1n) is 11.2. The fraction of sp³-hybridized carbons (Fsp3) is 0.500. The summed E-state index contributed by atoms with van der Waals surface area (Å²) in [5, 5.41) is 2.72. The van der Waals surface area contributed by atoms with Crippen LogP contribution in [0.25, 0.3) is 0 Å². The summed E-state index contributed by atoms with van der Waals surface area (Å²) in [6, 6.07) is 0. The van der Waals surface area contributed by atoms with E-state index in [1.165, 1.54) is 12.8 Å². The molecule has 0 fully saturated rings. The van der Waals surface area contributed by atoms with Crippen molar-refractivity contribution < 1.29 is 9.53 Å². The SMILES string of the molecule is CC1=C\C=C=C/C(C)=C(\C)O/C=C\1.CCC(C)CCN(CC)CC1=NCC=CNC1=O. The van der Waals surface area contributed by atoms with Crippen LogP contribution in [-0.4, -0.2) is 42.7 Å². The average molecular weight is 426 g/mol. The molecule has 1 N–H and O–H groups in total. The van der Waals surface area contributed by atoms with Crippen molar-refractivity contribution in [3.05, 3.63) is 65.5 Å². The van der Waals surface area contributed by atoms with E-state index in [0.717, 1.165) is 35.9 Å². The zero-order valence-electron chi connectivity index (χ0n) is 20.1. The first-order valence-corrected chi connectivity index (χ1v) is 11.2. The molecule has 2 aliphatic rings. The molecule has 1 atom stereocenters. The van der Waals surface area contributed by atoms with E-state index in [0.29, 0.717) is 18.8 Å². The van der Waals surface area contributed by atoms with Crippen LogP contribution in [0.4, 0.5) is 0 Å². The molecule has 0 aromatic carbocycles. The monoisotopic (exact) mass is 425 g/mol. The number of ether oxygens (including phenoxy) is 1. The van der Waals surface area contributed by atoms with E-state index in [-0.39, 0.29) is 5.91 Å². The van der Waals surface area contributed by atoms with Gasteiger partial charge in [0.25, 0.3) is 5.91 Å². The Kier molecular flexibility index (Phi) is 13.0. The minimum atomic E-state index is -0.0641. The zero-order valence-corrected chi connectivity index (χ0v) is 20.1. The minimum absolute atomic E-state index is 0.0641. The largest absolute Gasteiger partial charge is 0.469 e. The Labute approximate surface area is 188 Å². The number of carbonyl (C=O) groups is 1. The molecule has 0 radical (unpaired) electrons. The molecule has 0 aromatic rings. The van der Waals surface area contributed by atoms with Crippen LogP contribution in [0, 0.1) is 5.92 Å². The predicted molar refractivity (Wildman–Crippen MR) is 131 cm³/mol. The Bertz CT molecular complexity index is 793. The minimum Gasteiger partial charge on any atom is -0.469 e. The molecule has 2 aliphatic heterocycles. The van der Waals surface area contributed by atoms with Crippen molar-refractivity contribution in [3.63, 3.8) is 0 Å². The summed E-state index contributed by atoms with van der Waals surface area (Å²) in [5.41, 5.74) is 5.95. The Balaban J connectivity index is 0.000000327. The van der Waals surface area contributed by atoms with Gasteiger partial charge in [0.1, 0.15) is 11.5 Å². The van der Waals surface area contributed by atoms with Crippen molar-refractivity contribution in [1.82, 2.24) is 10.2 Å². The molecule has 0 saturated carbocycles. The van der Waals surface area contributed by atoms with E-state index >= 15 is 0 Å². The lowest BCUT2D eigenvalue weighted by molar-refractivity contribution is -0.114. The number of nitrogens with zero attached hydrogens (tertiary/aromatic N) is 2. The van der Waals surface area contributed by atoms with E-state index in [4.69, 9.17) is 4.74 Å². The maximum absolute atomic E-state index is 11.7. The molecule has 1 unspecified atom stereocenters. The molecule has 170 valence electrons. The second kappa shape index (κ2) is 15.2. The van der Waals surface area contributed by atoms with Crippen molar-refractivity contribution >= 4 is 11.6 Å². The van der Waals surface area contributed by atoms with Gasteiger partial charge >= 0.3 is 0 Å². The maximum Gasteiger partial charge on any atom is 0.270 e. The molecule has 0 saturated heterocycles. The molecule has 0 bridgehead atoms. The molecule has 5 nitrogen and oxygen atoms in total. The topological polar surface area (TPSA) is 53.9 Å².